The maximum Gasteiger partial charge on any atom is 0.344 e. The molecule has 2 aliphatic rings. The van der Waals surface area contributed by atoms with Crippen molar-refractivity contribution < 1.29 is 23.5 Å². The Hall–Kier alpha value is -3.93. The highest BCUT2D eigenvalue weighted by Crippen LogP contribution is 2.29. The Bertz CT molecular complexity index is 1420. The second-order valence-corrected chi connectivity index (χ2v) is 7.60. The zero-order valence-electron chi connectivity index (χ0n) is 16.9. The normalized spacial score (nSPS) is 14.4. The summed E-state index contributed by atoms with van der Waals surface area (Å²) in [5, 5.41) is 1.07. The first-order valence-corrected chi connectivity index (χ1v) is 9.89. The minimum atomic E-state index is -0.533. The Morgan fingerprint density at radius 3 is 1.94 bits per heavy atom. The molecule has 154 valence electrons. The summed E-state index contributed by atoms with van der Waals surface area (Å²) in [4.78, 5) is 25.3. The van der Waals surface area contributed by atoms with Crippen LogP contribution in [-0.2, 0) is 16.0 Å². The number of esters is 2. The lowest BCUT2D eigenvalue weighted by Crippen LogP contribution is -2.11. The molecule has 0 saturated heterocycles. The van der Waals surface area contributed by atoms with Crippen LogP contribution in [0.5, 0.6) is 11.5 Å². The van der Waals surface area contributed by atoms with Gasteiger partial charge in [0.25, 0.3) is 0 Å². The van der Waals surface area contributed by atoms with E-state index in [1.807, 2.05) is 26.0 Å². The molecule has 31 heavy (non-hydrogen) atoms. The molecule has 0 bridgehead atoms. The lowest BCUT2D eigenvalue weighted by molar-refractivity contribution is -0.128. The molecule has 5 rings (SSSR count). The smallest absolute Gasteiger partial charge is 0.344 e. The Morgan fingerprint density at radius 2 is 1.39 bits per heavy atom. The molecule has 0 atom stereocenters. The van der Waals surface area contributed by atoms with E-state index in [1.54, 1.807) is 12.1 Å². The lowest BCUT2D eigenvalue weighted by atomic mass is 9.96. The largest absolute Gasteiger partial charge is 0.422 e. The van der Waals surface area contributed by atoms with E-state index in [1.165, 1.54) is 24.3 Å². The number of anilines is 1. The third-order valence-electron chi connectivity index (χ3n) is 5.71. The van der Waals surface area contributed by atoms with E-state index in [9.17, 15) is 14.0 Å². The number of rotatable bonds is 3. The molecule has 2 N–H and O–H groups in total. The Kier molecular flexibility index (Phi) is 4.18. The quantitative estimate of drug-likeness (QED) is 0.404. The van der Waals surface area contributed by atoms with Gasteiger partial charge in [0.15, 0.2) is 0 Å². The van der Waals surface area contributed by atoms with Crippen molar-refractivity contribution in [3.05, 3.63) is 87.0 Å². The van der Waals surface area contributed by atoms with Crippen molar-refractivity contribution in [3.8, 4) is 11.5 Å². The summed E-state index contributed by atoms with van der Waals surface area (Å²) in [5.74, 6) is -0.719. The van der Waals surface area contributed by atoms with E-state index < -0.39 is 17.8 Å². The van der Waals surface area contributed by atoms with Crippen LogP contribution in [0.2, 0.25) is 0 Å². The number of fused-ring (bicyclic) bond motifs is 2. The number of benzene rings is 3. The fourth-order valence-corrected chi connectivity index (χ4v) is 4.11. The van der Waals surface area contributed by atoms with Gasteiger partial charge in [0.05, 0.1) is 11.1 Å². The van der Waals surface area contributed by atoms with Gasteiger partial charge in [-0.25, -0.2) is 14.0 Å². The van der Waals surface area contributed by atoms with Crippen molar-refractivity contribution in [2.24, 2.45) is 0 Å². The van der Waals surface area contributed by atoms with Gasteiger partial charge >= 0.3 is 11.9 Å². The number of hydrogen-bond acceptors (Lipinski definition) is 5. The van der Waals surface area contributed by atoms with E-state index >= 15 is 0 Å². The van der Waals surface area contributed by atoms with Crippen LogP contribution < -0.4 is 25.6 Å². The van der Waals surface area contributed by atoms with Crippen LogP contribution in [0, 0.1) is 12.7 Å². The van der Waals surface area contributed by atoms with Gasteiger partial charge in [-0.05, 0) is 72.0 Å². The summed E-state index contributed by atoms with van der Waals surface area (Å²) in [5.41, 5.74) is 10.6. The molecular weight excluding hydrogens is 397 g/mol. The molecule has 2 heterocycles. The molecule has 3 aromatic rings. The molecule has 6 heteroatoms. The predicted octanol–water partition coefficient (Wildman–Crippen LogP) is 2.51. The van der Waals surface area contributed by atoms with Gasteiger partial charge < -0.3 is 15.2 Å². The van der Waals surface area contributed by atoms with Gasteiger partial charge in [-0.15, -0.1) is 0 Å². The molecule has 0 radical (unpaired) electrons. The highest BCUT2D eigenvalue weighted by Gasteiger charge is 2.30. The van der Waals surface area contributed by atoms with Gasteiger partial charge in [-0.3, -0.25) is 0 Å². The Morgan fingerprint density at radius 1 is 0.839 bits per heavy atom. The summed E-state index contributed by atoms with van der Waals surface area (Å²) < 4.78 is 24.3. The average Bonchev–Trinajstić information content (AvgIpc) is 3.23. The van der Waals surface area contributed by atoms with Gasteiger partial charge in [0.1, 0.15) is 17.3 Å². The van der Waals surface area contributed by atoms with Crippen LogP contribution in [-0.4, -0.2) is 11.9 Å². The highest BCUT2D eigenvalue weighted by atomic mass is 19.1. The van der Waals surface area contributed by atoms with Crippen molar-refractivity contribution in [2.75, 3.05) is 5.73 Å². The van der Waals surface area contributed by atoms with Crippen molar-refractivity contribution in [3.63, 3.8) is 0 Å². The maximum absolute atomic E-state index is 13.3. The van der Waals surface area contributed by atoms with Crippen LogP contribution in [0.1, 0.15) is 29.2 Å². The molecule has 0 spiro atoms. The number of aryl methyl sites for hydroxylation is 2. The van der Waals surface area contributed by atoms with Crippen LogP contribution in [0.4, 0.5) is 10.1 Å². The average molecular weight is 415 g/mol. The predicted molar refractivity (Wildman–Crippen MR) is 113 cm³/mol. The van der Waals surface area contributed by atoms with Crippen LogP contribution in [0.15, 0.2) is 48.5 Å². The van der Waals surface area contributed by atoms with E-state index in [2.05, 4.69) is 0 Å². The molecule has 0 fully saturated rings. The summed E-state index contributed by atoms with van der Waals surface area (Å²) in [6, 6.07) is 12.6. The number of hydrogen-bond donors (Lipinski definition) is 1. The minimum Gasteiger partial charge on any atom is -0.422 e. The fourth-order valence-electron chi connectivity index (χ4n) is 4.11. The van der Waals surface area contributed by atoms with E-state index in [0.29, 0.717) is 49.9 Å². The van der Waals surface area contributed by atoms with Crippen LogP contribution >= 0.6 is 0 Å². The molecule has 0 aliphatic carbocycles. The van der Waals surface area contributed by atoms with Crippen molar-refractivity contribution in [2.45, 2.75) is 20.3 Å². The van der Waals surface area contributed by atoms with Crippen LogP contribution in [0.3, 0.4) is 0 Å². The minimum absolute atomic E-state index is 0.305. The van der Waals surface area contributed by atoms with Gasteiger partial charge in [0.2, 0.25) is 0 Å². The topological polar surface area (TPSA) is 78.6 Å². The SMILES string of the molecule is CCc1cc(C2=c3cc4c(cc3OC2=O)=C(c2ccc(F)cc2)C(=O)O4)cc(C)c1N. The lowest BCUT2D eigenvalue weighted by Gasteiger charge is -2.10. The molecule has 2 aliphatic heterocycles. The van der Waals surface area contributed by atoms with E-state index in [0.717, 1.165) is 17.5 Å². The molecule has 0 aromatic heterocycles. The summed E-state index contributed by atoms with van der Waals surface area (Å²) >= 11 is 0. The Balaban J connectivity index is 1.76. The molecule has 5 nitrogen and oxygen atoms in total. The summed E-state index contributed by atoms with van der Waals surface area (Å²) in [7, 11) is 0. The van der Waals surface area contributed by atoms with Crippen molar-refractivity contribution in [1.29, 1.82) is 0 Å². The number of ether oxygens (including phenoxy) is 2. The van der Waals surface area contributed by atoms with Crippen molar-refractivity contribution in [1.82, 2.24) is 0 Å². The third-order valence-corrected chi connectivity index (χ3v) is 5.71. The fraction of sp³-hybridized carbons (Fsp3) is 0.120. The first-order valence-electron chi connectivity index (χ1n) is 9.89. The number of carbonyl (C=O) groups excluding carboxylic acids is 2. The van der Waals surface area contributed by atoms with E-state index in [4.69, 9.17) is 15.2 Å². The number of carbonyl (C=O) groups is 2. The van der Waals surface area contributed by atoms with Gasteiger partial charge in [0, 0.05) is 16.1 Å². The third kappa shape index (κ3) is 2.91. The van der Waals surface area contributed by atoms with Crippen LogP contribution in [0.25, 0.3) is 11.1 Å². The molecular formula is C25H18FNO4. The summed E-state index contributed by atoms with van der Waals surface area (Å²) in [6.45, 7) is 3.90. The number of nitrogens with two attached hydrogens (primary N) is 1. The zero-order valence-corrected chi connectivity index (χ0v) is 16.9. The molecule has 0 amide bonds. The molecule has 3 aromatic carbocycles. The summed E-state index contributed by atoms with van der Waals surface area (Å²) in [6.07, 6.45) is 0.730. The number of nitrogen functional groups attached to an aromatic ring is 1. The highest BCUT2D eigenvalue weighted by molar-refractivity contribution is 6.21. The van der Waals surface area contributed by atoms with Gasteiger partial charge in [-0.2, -0.15) is 0 Å². The second-order valence-electron chi connectivity index (χ2n) is 7.60. The molecule has 0 unspecified atom stereocenters. The van der Waals surface area contributed by atoms with E-state index in [-0.39, 0.29) is 0 Å². The monoisotopic (exact) mass is 415 g/mol. The standard InChI is InChI=1S/C25H18FNO4/c1-3-13-9-15(8-12(2)23(13)27)22-18-11-19-17(10-20(18)31-25(22)29)21(24(28)30-19)14-4-6-16(26)7-5-14/h4-11H,3,27H2,1-2H3. The Labute approximate surface area is 177 Å². The second kappa shape index (κ2) is 6.80. The maximum atomic E-state index is 13.3. The van der Waals surface area contributed by atoms with Gasteiger partial charge in [-0.1, -0.05) is 19.1 Å². The molecule has 0 saturated carbocycles. The van der Waals surface area contributed by atoms with Crippen molar-refractivity contribution >= 4 is 28.8 Å². The zero-order chi connectivity index (χ0) is 21.9. The first kappa shape index (κ1) is 19.1. The number of halogens is 1. The first-order chi connectivity index (χ1) is 14.9.